The zero-order chi connectivity index (χ0) is 23.0. The molecular weight excluding hydrogens is 402 g/mol. The minimum absolute atomic E-state index is 0.451. The molecular formula is C27H29NO4. The molecule has 0 amide bonds. The Morgan fingerprint density at radius 1 is 0.969 bits per heavy atom. The van der Waals surface area contributed by atoms with E-state index < -0.39 is 17.6 Å². The van der Waals surface area contributed by atoms with E-state index in [0.29, 0.717) is 17.9 Å². The quantitative estimate of drug-likeness (QED) is 0.499. The van der Waals surface area contributed by atoms with Crippen LogP contribution in [-0.2, 0) is 15.1 Å². The summed E-state index contributed by atoms with van der Waals surface area (Å²) < 4.78 is 10.6. The summed E-state index contributed by atoms with van der Waals surface area (Å²) in [5.74, 6) is 0.157. The van der Waals surface area contributed by atoms with Crippen LogP contribution in [0.4, 0.5) is 5.69 Å². The molecule has 0 saturated heterocycles. The van der Waals surface area contributed by atoms with Gasteiger partial charge in [-0.1, -0.05) is 72.8 Å². The first-order valence-electron chi connectivity index (χ1n) is 10.5. The molecule has 0 heterocycles. The molecule has 0 spiro atoms. The summed E-state index contributed by atoms with van der Waals surface area (Å²) in [6.07, 6.45) is 2.26. The van der Waals surface area contributed by atoms with Crippen LogP contribution >= 0.6 is 0 Å². The molecule has 0 radical (unpaired) electrons. The maximum absolute atomic E-state index is 13.5. The minimum atomic E-state index is -1.50. The fourth-order valence-corrected chi connectivity index (χ4v) is 3.99. The van der Waals surface area contributed by atoms with Crippen LogP contribution < -0.4 is 9.64 Å². The minimum Gasteiger partial charge on any atom is -0.497 e. The van der Waals surface area contributed by atoms with Crippen LogP contribution in [-0.4, -0.2) is 37.9 Å². The summed E-state index contributed by atoms with van der Waals surface area (Å²) in [5.41, 5.74) is 0.820. The molecule has 0 saturated carbocycles. The number of carbonyl (C=O) groups excluding carboxylic acids is 1. The fraction of sp³-hybridized carbons (Fsp3) is 0.222. The van der Waals surface area contributed by atoms with E-state index in [0.717, 1.165) is 11.3 Å². The summed E-state index contributed by atoms with van der Waals surface area (Å²) in [6, 6.07) is 26.3. The second-order valence-electron chi connectivity index (χ2n) is 7.28. The van der Waals surface area contributed by atoms with Crippen LogP contribution in [0.5, 0.6) is 5.75 Å². The zero-order valence-corrected chi connectivity index (χ0v) is 18.6. The topological polar surface area (TPSA) is 59.0 Å². The largest absolute Gasteiger partial charge is 0.497 e. The van der Waals surface area contributed by atoms with Crippen LogP contribution in [0.1, 0.15) is 18.1 Å². The number of benzene rings is 3. The maximum atomic E-state index is 13.5. The summed E-state index contributed by atoms with van der Waals surface area (Å²) in [5, 5.41) is 11.6. The van der Waals surface area contributed by atoms with Crippen molar-refractivity contribution < 1.29 is 19.4 Å². The third-order valence-electron chi connectivity index (χ3n) is 5.54. The van der Waals surface area contributed by atoms with Gasteiger partial charge < -0.3 is 19.5 Å². The van der Waals surface area contributed by atoms with Gasteiger partial charge in [0.25, 0.3) is 0 Å². The Balaban J connectivity index is 2.19. The second-order valence-corrected chi connectivity index (χ2v) is 7.28. The number of aliphatic hydroxyl groups is 1. The monoisotopic (exact) mass is 431 g/mol. The molecule has 2 unspecified atom stereocenters. The number of likely N-dealkylation sites (N-methyl/N-ethyl adjacent to an activating group) is 1. The third kappa shape index (κ3) is 4.53. The number of anilines is 1. The molecule has 0 aromatic heterocycles. The highest BCUT2D eigenvalue weighted by Gasteiger charge is 2.51. The number of nitrogens with zero attached hydrogens (tertiary/aromatic N) is 1. The Morgan fingerprint density at radius 2 is 1.56 bits per heavy atom. The molecule has 0 aliphatic heterocycles. The van der Waals surface area contributed by atoms with Crippen LogP contribution in [0, 0.1) is 0 Å². The van der Waals surface area contributed by atoms with E-state index in [-0.39, 0.29) is 0 Å². The Labute approximate surface area is 189 Å². The normalized spacial score (nSPS) is 13.9. The van der Waals surface area contributed by atoms with Crippen molar-refractivity contribution in [3.8, 4) is 5.75 Å². The highest BCUT2D eigenvalue weighted by atomic mass is 16.5. The standard InChI is InChI=1S/C27H29NO4/c1-4-28(23-16-18-24(31-2)19-17-23)27(26(30)32-3,22-13-9-6-10-14-22)25(29)20-15-21-11-7-5-8-12-21/h5-20,25,29H,4H2,1-3H3/b20-15+. The van der Waals surface area contributed by atoms with Gasteiger partial charge in [0.15, 0.2) is 5.54 Å². The van der Waals surface area contributed by atoms with Crippen LogP contribution in [0.3, 0.4) is 0 Å². The molecule has 3 rings (SSSR count). The van der Waals surface area contributed by atoms with E-state index >= 15 is 0 Å². The highest BCUT2D eigenvalue weighted by molar-refractivity contribution is 5.88. The Bertz CT molecular complexity index is 1020. The van der Waals surface area contributed by atoms with Crippen molar-refractivity contribution in [2.45, 2.75) is 18.6 Å². The molecule has 1 N–H and O–H groups in total. The maximum Gasteiger partial charge on any atom is 0.339 e. The number of hydrogen-bond acceptors (Lipinski definition) is 5. The van der Waals surface area contributed by atoms with Crippen molar-refractivity contribution in [1.29, 1.82) is 0 Å². The van der Waals surface area contributed by atoms with Crippen LogP contribution in [0.15, 0.2) is 91.0 Å². The van der Waals surface area contributed by atoms with E-state index in [9.17, 15) is 9.90 Å². The van der Waals surface area contributed by atoms with Crippen molar-refractivity contribution in [3.05, 3.63) is 102 Å². The summed E-state index contributed by atoms with van der Waals surface area (Å²) in [6.45, 7) is 2.39. The third-order valence-corrected chi connectivity index (χ3v) is 5.54. The summed E-state index contributed by atoms with van der Waals surface area (Å²) in [7, 11) is 2.95. The number of ether oxygens (including phenoxy) is 2. The Morgan fingerprint density at radius 3 is 2.09 bits per heavy atom. The second kappa shape index (κ2) is 10.6. The van der Waals surface area contributed by atoms with E-state index in [1.165, 1.54) is 7.11 Å². The first kappa shape index (κ1) is 23.1. The molecule has 0 aliphatic carbocycles. The summed E-state index contributed by atoms with van der Waals surface area (Å²) in [4.78, 5) is 15.4. The predicted molar refractivity (Wildman–Crippen MR) is 128 cm³/mol. The first-order valence-corrected chi connectivity index (χ1v) is 10.5. The van der Waals surface area contributed by atoms with Gasteiger partial charge in [0.2, 0.25) is 0 Å². The van der Waals surface area contributed by atoms with Gasteiger partial charge in [0.1, 0.15) is 11.9 Å². The van der Waals surface area contributed by atoms with E-state index in [4.69, 9.17) is 9.47 Å². The lowest BCUT2D eigenvalue weighted by molar-refractivity contribution is -0.151. The molecule has 0 fully saturated rings. The molecule has 0 bridgehead atoms. The molecule has 3 aromatic carbocycles. The number of hydrogen-bond donors (Lipinski definition) is 1. The van der Waals surface area contributed by atoms with Gasteiger partial charge in [-0.3, -0.25) is 0 Å². The average Bonchev–Trinajstić information content (AvgIpc) is 2.86. The number of methoxy groups -OCH3 is 2. The molecule has 32 heavy (non-hydrogen) atoms. The van der Waals surface area contributed by atoms with E-state index in [1.807, 2.05) is 103 Å². The van der Waals surface area contributed by atoms with Gasteiger partial charge >= 0.3 is 5.97 Å². The van der Waals surface area contributed by atoms with Gasteiger partial charge in [-0.2, -0.15) is 0 Å². The zero-order valence-electron chi connectivity index (χ0n) is 18.6. The Kier molecular flexibility index (Phi) is 7.68. The van der Waals surface area contributed by atoms with Crippen LogP contribution in [0.25, 0.3) is 6.08 Å². The van der Waals surface area contributed by atoms with Crippen molar-refractivity contribution in [1.82, 2.24) is 0 Å². The molecule has 5 heteroatoms. The number of rotatable bonds is 9. The fourth-order valence-electron chi connectivity index (χ4n) is 3.99. The van der Waals surface area contributed by atoms with Crippen molar-refractivity contribution >= 4 is 17.7 Å². The molecule has 3 aromatic rings. The molecule has 5 nitrogen and oxygen atoms in total. The lowest BCUT2D eigenvalue weighted by Crippen LogP contribution is -2.59. The Hall–Kier alpha value is -3.57. The SMILES string of the molecule is CCN(c1ccc(OC)cc1)C(C(=O)OC)(c1ccccc1)C(O)/C=C/c1ccccc1. The number of esters is 1. The first-order chi connectivity index (χ1) is 15.6. The van der Waals surface area contributed by atoms with Gasteiger partial charge in [0, 0.05) is 12.2 Å². The van der Waals surface area contributed by atoms with E-state index in [2.05, 4.69) is 0 Å². The smallest absolute Gasteiger partial charge is 0.339 e. The van der Waals surface area contributed by atoms with E-state index in [1.54, 1.807) is 13.2 Å². The van der Waals surface area contributed by atoms with Crippen molar-refractivity contribution in [2.75, 3.05) is 25.7 Å². The highest BCUT2D eigenvalue weighted by Crippen LogP contribution is 2.39. The van der Waals surface area contributed by atoms with Gasteiger partial charge in [-0.25, -0.2) is 4.79 Å². The van der Waals surface area contributed by atoms with Gasteiger partial charge in [-0.05, 0) is 42.3 Å². The predicted octanol–water partition coefficient (Wildman–Crippen LogP) is 4.66. The van der Waals surface area contributed by atoms with Gasteiger partial charge in [0.05, 0.1) is 14.2 Å². The summed E-state index contributed by atoms with van der Waals surface area (Å²) >= 11 is 0. The lowest BCUT2D eigenvalue weighted by atomic mass is 9.81. The molecule has 0 aliphatic rings. The van der Waals surface area contributed by atoms with Gasteiger partial charge in [-0.15, -0.1) is 0 Å². The average molecular weight is 432 g/mol. The lowest BCUT2D eigenvalue weighted by Gasteiger charge is -2.45. The number of aliphatic hydroxyl groups excluding tert-OH is 1. The number of carbonyl (C=O) groups is 1. The molecule has 166 valence electrons. The molecule has 2 atom stereocenters. The van der Waals surface area contributed by atoms with Crippen LogP contribution in [0.2, 0.25) is 0 Å². The van der Waals surface area contributed by atoms with Crippen molar-refractivity contribution in [2.24, 2.45) is 0 Å². The van der Waals surface area contributed by atoms with Crippen molar-refractivity contribution in [3.63, 3.8) is 0 Å².